The molecule has 0 spiro atoms. The molecular formula is C12H16BrNO2. The van der Waals surface area contributed by atoms with Crippen molar-refractivity contribution in [1.82, 2.24) is 5.32 Å². The van der Waals surface area contributed by atoms with Gasteiger partial charge >= 0.3 is 0 Å². The van der Waals surface area contributed by atoms with Crippen molar-refractivity contribution in [2.24, 2.45) is 0 Å². The topological polar surface area (TPSA) is 30.5 Å². The lowest BCUT2D eigenvalue weighted by molar-refractivity contribution is 0.388. The number of rotatable bonds is 3. The molecule has 1 aromatic rings. The van der Waals surface area contributed by atoms with Crippen LogP contribution in [0.5, 0.6) is 11.5 Å². The van der Waals surface area contributed by atoms with Crippen molar-refractivity contribution in [3.05, 3.63) is 22.2 Å². The Morgan fingerprint density at radius 3 is 2.31 bits per heavy atom. The first-order valence-electron chi connectivity index (χ1n) is 5.38. The lowest BCUT2D eigenvalue weighted by Crippen LogP contribution is -2.08. The van der Waals surface area contributed by atoms with Gasteiger partial charge in [-0.3, -0.25) is 0 Å². The van der Waals surface area contributed by atoms with E-state index in [4.69, 9.17) is 9.47 Å². The van der Waals surface area contributed by atoms with Gasteiger partial charge in [-0.15, -0.1) is 0 Å². The van der Waals surface area contributed by atoms with Crippen LogP contribution >= 0.6 is 15.9 Å². The van der Waals surface area contributed by atoms with E-state index >= 15 is 0 Å². The van der Waals surface area contributed by atoms with Gasteiger partial charge < -0.3 is 14.8 Å². The molecule has 2 rings (SSSR count). The zero-order valence-corrected chi connectivity index (χ0v) is 11.1. The van der Waals surface area contributed by atoms with Gasteiger partial charge in [-0.05, 0) is 52.5 Å². The maximum atomic E-state index is 5.34. The zero-order valence-electron chi connectivity index (χ0n) is 9.55. The van der Waals surface area contributed by atoms with Crippen molar-refractivity contribution in [1.29, 1.82) is 0 Å². The molecule has 1 N–H and O–H groups in total. The Balaban J connectivity index is 2.37. The fourth-order valence-corrected chi connectivity index (χ4v) is 2.62. The van der Waals surface area contributed by atoms with Crippen LogP contribution in [0.25, 0.3) is 0 Å². The van der Waals surface area contributed by atoms with Crippen LogP contribution < -0.4 is 14.8 Å². The Morgan fingerprint density at radius 1 is 1.25 bits per heavy atom. The fourth-order valence-electron chi connectivity index (χ4n) is 2.06. The number of hydrogen-bond donors (Lipinski definition) is 1. The molecule has 1 aromatic carbocycles. The molecule has 0 aliphatic carbocycles. The highest BCUT2D eigenvalue weighted by Crippen LogP contribution is 2.38. The van der Waals surface area contributed by atoms with E-state index in [1.807, 2.05) is 0 Å². The summed E-state index contributed by atoms with van der Waals surface area (Å²) in [5.74, 6) is 2.23. The van der Waals surface area contributed by atoms with Crippen LogP contribution in [0.3, 0.4) is 0 Å². The van der Waals surface area contributed by atoms with Crippen molar-refractivity contribution in [3.8, 4) is 11.5 Å². The first-order chi connectivity index (χ1) is 7.76. The van der Waals surface area contributed by atoms with Crippen LogP contribution in [0.4, 0.5) is 0 Å². The lowest BCUT2D eigenvalue weighted by Gasteiger charge is -2.14. The largest absolute Gasteiger partial charge is 0.495 e. The van der Waals surface area contributed by atoms with Crippen molar-refractivity contribution in [2.45, 2.75) is 12.3 Å². The molecule has 0 bridgehead atoms. The Bertz CT molecular complexity index is 350. The Hall–Kier alpha value is -0.740. The number of halogens is 1. The van der Waals surface area contributed by atoms with Crippen molar-refractivity contribution < 1.29 is 9.47 Å². The molecule has 0 saturated carbocycles. The maximum absolute atomic E-state index is 5.34. The number of methoxy groups -OCH3 is 2. The minimum absolute atomic E-state index is 0.566. The number of hydrogen-bond acceptors (Lipinski definition) is 3. The molecule has 1 atom stereocenters. The average molecular weight is 286 g/mol. The van der Waals surface area contributed by atoms with E-state index in [2.05, 4.69) is 33.4 Å². The monoisotopic (exact) mass is 285 g/mol. The Morgan fingerprint density at radius 2 is 1.88 bits per heavy atom. The van der Waals surface area contributed by atoms with Gasteiger partial charge in [-0.1, -0.05) is 0 Å². The van der Waals surface area contributed by atoms with E-state index in [1.54, 1.807) is 14.2 Å². The van der Waals surface area contributed by atoms with Crippen LogP contribution in [0.2, 0.25) is 0 Å². The highest BCUT2D eigenvalue weighted by Gasteiger charge is 2.20. The van der Waals surface area contributed by atoms with E-state index in [0.717, 1.165) is 29.1 Å². The molecule has 1 heterocycles. The molecule has 4 heteroatoms. The van der Waals surface area contributed by atoms with E-state index in [-0.39, 0.29) is 0 Å². The summed E-state index contributed by atoms with van der Waals surface area (Å²) in [7, 11) is 3.35. The standard InChI is InChI=1S/C12H16BrNO2/c1-15-10-5-9(8-3-4-14-7-8)6-11(16-2)12(10)13/h5-6,8,14H,3-4,7H2,1-2H3. The quantitative estimate of drug-likeness (QED) is 0.926. The molecule has 0 radical (unpaired) electrons. The van der Waals surface area contributed by atoms with Crippen LogP contribution in [0.1, 0.15) is 17.9 Å². The molecule has 0 aromatic heterocycles. The normalized spacial score (nSPS) is 19.8. The Kier molecular flexibility index (Phi) is 3.71. The van der Waals surface area contributed by atoms with Crippen molar-refractivity contribution in [3.63, 3.8) is 0 Å². The van der Waals surface area contributed by atoms with Crippen LogP contribution in [-0.2, 0) is 0 Å². The van der Waals surface area contributed by atoms with Gasteiger partial charge in [0.05, 0.1) is 14.2 Å². The molecule has 1 unspecified atom stereocenters. The SMILES string of the molecule is COc1cc(C2CCNC2)cc(OC)c1Br. The van der Waals surface area contributed by atoms with Crippen LogP contribution in [0.15, 0.2) is 16.6 Å². The summed E-state index contributed by atoms with van der Waals surface area (Å²) >= 11 is 3.48. The van der Waals surface area contributed by atoms with Crippen molar-refractivity contribution >= 4 is 15.9 Å². The fraction of sp³-hybridized carbons (Fsp3) is 0.500. The maximum Gasteiger partial charge on any atom is 0.137 e. The second-order valence-corrected chi connectivity index (χ2v) is 4.72. The van der Waals surface area contributed by atoms with Crippen molar-refractivity contribution in [2.75, 3.05) is 27.3 Å². The number of benzene rings is 1. The third-order valence-corrected chi connectivity index (χ3v) is 3.78. The number of nitrogens with one attached hydrogen (secondary N) is 1. The highest BCUT2D eigenvalue weighted by molar-refractivity contribution is 9.10. The zero-order chi connectivity index (χ0) is 11.5. The van der Waals surface area contributed by atoms with Gasteiger partial charge in [0.15, 0.2) is 0 Å². The van der Waals surface area contributed by atoms with Gasteiger partial charge in [-0.25, -0.2) is 0 Å². The summed E-state index contributed by atoms with van der Waals surface area (Å²) in [6.45, 7) is 2.12. The van der Waals surface area contributed by atoms with E-state index < -0.39 is 0 Å². The van der Waals surface area contributed by atoms with Gasteiger partial charge in [0.1, 0.15) is 16.0 Å². The summed E-state index contributed by atoms with van der Waals surface area (Å²) in [5.41, 5.74) is 1.28. The first-order valence-corrected chi connectivity index (χ1v) is 6.17. The molecule has 3 nitrogen and oxygen atoms in total. The van der Waals surface area contributed by atoms with Gasteiger partial charge in [0.2, 0.25) is 0 Å². The smallest absolute Gasteiger partial charge is 0.137 e. The second-order valence-electron chi connectivity index (χ2n) is 3.93. The van der Waals surface area contributed by atoms with Crippen LogP contribution in [0, 0.1) is 0 Å². The molecular weight excluding hydrogens is 270 g/mol. The highest BCUT2D eigenvalue weighted by atomic mass is 79.9. The molecule has 1 aliphatic heterocycles. The first kappa shape index (κ1) is 11.7. The van der Waals surface area contributed by atoms with Gasteiger partial charge in [0.25, 0.3) is 0 Å². The lowest BCUT2D eigenvalue weighted by atomic mass is 9.98. The molecule has 1 aliphatic rings. The molecule has 1 fully saturated rings. The van der Waals surface area contributed by atoms with Gasteiger partial charge in [-0.2, -0.15) is 0 Å². The third kappa shape index (κ3) is 2.18. The summed E-state index contributed by atoms with van der Waals surface area (Å²) in [4.78, 5) is 0. The molecule has 1 saturated heterocycles. The van der Waals surface area contributed by atoms with E-state index in [0.29, 0.717) is 5.92 Å². The second kappa shape index (κ2) is 5.06. The average Bonchev–Trinajstić information content (AvgIpc) is 2.83. The van der Waals surface area contributed by atoms with E-state index in [9.17, 15) is 0 Å². The summed E-state index contributed by atoms with van der Waals surface area (Å²) < 4.78 is 11.6. The predicted molar refractivity (Wildman–Crippen MR) is 67.5 cm³/mol. The summed E-state index contributed by atoms with van der Waals surface area (Å²) in [5, 5.41) is 3.37. The summed E-state index contributed by atoms with van der Waals surface area (Å²) in [6, 6.07) is 4.18. The van der Waals surface area contributed by atoms with E-state index in [1.165, 1.54) is 12.0 Å². The molecule has 0 amide bonds. The Labute approximate surface area is 104 Å². The van der Waals surface area contributed by atoms with Gasteiger partial charge in [0, 0.05) is 6.54 Å². The summed E-state index contributed by atoms with van der Waals surface area (Å²) in [6.07, 6.45) is 1.17. The minimum atomic E-state index is 0.566. The third-order valence-electron chi connectivity index (χ3n) is 3.00. The molecule has 16 heavy (non-hydrogen) atoms. The van der Waals surface area contributed by atoms with Crippen LogP contribution in [-0.4, -0.2) is 27.3 Å². The minimum Gasteiger partial charge on any atom is -0.495 e. The molecule has 88 valence electrons. The number of ether oxygens (including phenoxy) is 2. The predicted octanol–water partition coefficient (Wildman–Crippen LogP) is 2.54.